The van der Waals surface area contributed by atoms with Gasteiger partial charge in [0.2, 0.25) is 5.89 Å². The number of likely N-dealkylation sites (tertiary alicyclic amines) is 1. The van der Waals surface area contributed by atoms with E-state index in [0.29, 0.717) is 12.5 Å². The first-order valence-electron chi connectivity index (χ1n) is 10.8. The maximum atomic E-state index is 11.4. The van der Waals surface area contributed by atoms with Gasteiger partial charge in [0, 0.05) is 18.5 Å². The monoisotopic (exact) mass is 424 g/mol. The molecule has 3 rings (SSSR count). The molecule has 166 valence electrons. The van der Waals surface area contributed by atoms with Crippen molar-refractivity contribution in [1.29, 1.82) is 0 Å². The van der Waals surface area contributed by atoms with Crippen LogP contribution >= 0.6 is 0 Å². The Morgan fingerprint density at radius 2 is 2.23 bits per heavy atom. The van der Waals surface area contributed by atoms with Crippen molar-refractivity contribution in [2.45, 2.75) is 52.7 Å². The molecule has 1 aliphatic carbocycles. The number of hydrogen-bond donors (Lipinski definition) is 1. The van der Waals surface area contributed by atoms with Gasteiger partial charge in [0.25, 0.3) is 0 Å². The van der Waals surface area contributed by atoms with E-state index in [1.54, 1.807) is 6.08 Å². The molecule has 0 saturated carbocycles. The summed E-state index contributed by atoms with van der Waals surface area (Å²) in [5, 5.41) is 9.39. The van der Waals surface area contributed by atoms with E-state index >= 15 is 0 Å². The molecule has 1 N–H and O–H groups in total. The zero-order valence-corrected chi connectivity index (χ0v) is 18.6. The molecule has 6 heteroatoms. The Hall–Kier alpha value is -2.86. The Morgan fingerprint density at radius 3 is 2.97 bits per heavy atom. The maximum absolute atomic E-state index is 11.4. The Kier molecular flexibility index (Phi) is 7.69. The lowest BCUT2D eigenvalue weighted by Gasteiger charge is -2.27. The predicted octanol–water partition coefficient (Wildman–Crippen LogP) is 5.04. The first-order valence-corrected chi connectivity index (χ1v) is 10.8. The van der Waals surface area contributed by atoms with E-state index in [9.17, 15) is 9.90 Å². The minimum Gasteiger partial charge on any atom is -0.491 e. The van der Waals surface area contributed by atoms with Gasteiger partial charge < -0.3 is 14.3 Å². The molecule has 31 heavy (non-hydrogen) atoms. The fourth-order valence-electron chi connectivity index (χ4n) is 3.86. The summed E-state index contributed by atoms with van der Waals surface area (Å²) in [6.07, 6.45) is 14.3. The van der Waals surface area contributed by atoms with Crippen LogP contribution in [0.1, 0.15) is 50.5 Å². The Labute approximate surface area is 184 Å². The van der Waals surface area contributed by atoms with Crippen molar-refractivity contribution in [3.8, 4) is 0 Å². The van der Waals surface area contributed by atoms with Crippen LogP contribution in [0, 0.1) is 12.8 Å². The number of allylic oxidation sites excluding steroid dienone is 8. The molecule has 0 aromatic carbocycles. The van der Waals surface area contributed by atoms with Crippen LogP contribution in [0.2, 0.25) is 0 Å². The standard InChI is InChI=1S/C25H32N2O4/c1-5-17(2)11-12-18(3)24-26-22(19(4)31-24)16-30-21-9-6-8-20(14-21)15-27-13-7-10-23(27)25(28)29/h5-6,8-9,11-12,20,23H,1,7,10,13-16H2,2-4H3,(H,28,29)/b17-11-,18-12+. The molecule has 1 aromatic heterocycles. The van der Waals surface area contributed by atoms with Crippen LogP contribution in [-0.4, -0.2) is 40.1 Å². The molecule has 1 aliphatic heterocycles. The van der Waals surface area contributed by atoms with Crippen LogP contribution < -0.4 is 0 Å². The van der Waals surface area contributed by atoms with Gasteiger partial charge in [-0.1, -0.05) is 42.5 Å². The van der Waals surface area contributed by atoms with Crippen molar-refractivity contribution in [1.82, 2.24) is 9.88 Å². The van der Waals surface area contributed by atoms with Gasteiger partial charge in [-0.15, -0.1) is 0 Å². The Morgan fingerprint density at radius 1 is 1.42 bits per heavy atom. The average molecular weight is 425 g/mol. The second-order valence-corrected chi connectivity index (χ2v) is 8.25. The highest BCUT2D eigenvalue weighted by atomic mass is 16.5. The molecule has 1 aromatic rings. The molecule has 0 radical (unpaired) electrons. The molecule has 2 heterocycles. The third-order valence-corrected chi connectivity index (χ3v) is 5.79. The van der Waals surface area contributed by atoms with Gasteiger partial charge in [0.15, 0.2) is 0 Å². The molecule has 1 saturated heterocycles. The molecule has 0 spiro atoms. The highest BCUT2D eigenvalue weighted by Gasteiger charge is 2.32. The summed E-state index contributed by atoms with van der Waals surface area (Å²) in [6.45, 7) is 11.5. The summed E-state index contributed by atoms with van der Waals surface area (Å²) in [7, 11) is 0. The van der Waals surface area contributed by atoms with Gasteiger partial charge in [-0.25, -0.2) is 4.98 Å². The van der Waals surface area contributed by atoms with Gasteiger partial charge >= 0.3 is 5.97 Å². The smallest absolute Gasteiger partial charge is 0.320 e. The lowest BCUT2D eigenvalue weighted by molar-refractivity contribution is -0.142. The number of aliphatic carboxylic acids is 1. The van der Waals surface area contributed by atoms with Crippen molar-refractivity contribution < 1.29 is 19.1 Å². The van der Waals surface area contributed by atoms with E-state index in [-0.39, 0.29) is 12.0 Å². The zero-order valence-electron chi connectivity index (χ0n) is 18.6. The van der Waals surface area contributed by atoms with Crippen LogP contribution in [0.15, 0.2) is 58.8 Å². The normalized spacial score (nSPS) is 22.5. The van der Waals surface area contributed by atoms with Gasteiger partial charge in [0.05, 0.1) is 5.76 Å². The van der Waals surface area contributed by atoms with Crippen molar-refractivity contribution in [3.05, 3.63) is 71.7 Å². The van der Waals surface area contributed by atoms with Crippen LogP contribution in [0.4, 0.5) is 0 Å². The summed E-state index contributed by atoms with van der Waals surface area (Å²) in [4.78, 5) is 18.1. The highest BCUT2D eigenvalue weighted by Crippen LogP contribution is 2.26. The van der Waals surface area contributed by atoms with Gasteiger partial charge in [-0.2, -0.15) is 0 Å². The number of oxazole rings is 1. The SMILES string of the molecule is C=C/C(C)=C\C=C(/C)c1nc(COC2=CC=CC(CN3CCCC3C(=O)O)C2)c(C)o1. The van der Waals surface area contributed by atoms with E-state index in [1.807, 2.05) is 45.1 Å². The van der Waals surface area contributed by atoms with Gasteiger partial charge in [0.1, 0.15) is 24.1 Å². The number of nitrogens with zero attached hydrogens (tertiary/aromatic N) is 2. The van der Waals surface area contributed by atoms with Crippen molar-refractivity contribution in [2.75, 3.05) is 13.1 Å². The predicted molar refractivity (Wildman–Crippen MR) is 121 cm³/mol. The topological polar surface area (TPSA) is 75.8 Å². The molecule has 2 aliphatic rings. The molecule has 6 nitrogen and oxygen atoms in total. The molecule has 2 unspecified atom stereocenters. The molecule has 2 atom stereocenters. The highest BCUT2D eigenvalue weighted by molar-refractivity contribution is 5.73. The second kappa shape index (κ2) is 10.4. The average Bonchev–Trinajstić information content (AvgIpc) is 3.37. The molecular weight excluding hydrogens is 392 g/mol. The maximum Gasteiger partial charge on any atom is 0.320 e. The molecule has 0 bridgehead atoms. The molecular formula is C25H32N2O4. The fourth-order valence-corrected chi connectivity index (χ4v) is 3.86. The fraction of sp³-hybridized carbons (Fsp3) is 0.440. The lowest BCUT2D eigenvalue weighted by Crippen LogP contribution is -2.39. The van der Waals surface area contributed by atoms with Crippen molar-refractivity contribution >= 4 is 11.5 Å². The summed E-state index contributed by atoms with van der Waals surface area (Å²) >= 11 is 0. The summed E-state index contributed by atoms with van der Waals surface area (Å²) < 4.78 is 11.9. The first-order chi connectivity index (χ1) is 14.9. The first kappa shape index (κ1) is 22.8. The Balaban J connectivity index is 1.56. The van der Waals surface area contributed by atoms with Crippen molar-refractivity contribution in [3.63, 3.8) is 0 Å². The van der Waals surface area contributed by atoms with Crippen LogP contribution in [0.5, 0.6) is 0 Å². The number of ether oxygens (including phenoxy) is 1. The van der Waals surface area contributed by atoms with E-state index in [4.69, 9.17) is 9.15 Å². The number of aryl methyl sites for hydroxylation is 1. The number of hydrogen-bond acceptors (Lipinski definition) is 5. The van der Waals surface area contributed by atoms with Crippen LogP contribution in [0.3, 0.4) is 0 Å². The van der Waals surface area contributed by atoms with Gasteiger partial charge in [-0.3, -0.25) is 9.69 Å². The molecule has 0 amide bonds. The summed E-state index contributed by atoms with van der Waals surface area (Å²) in [5.74, 6) is 1.75. The van der Waals surface area contributed by atoms with E-state index < -0.39 is 5.97 Å². The van der Waals surface area contributed by atoms with Crippen LogP contribution in [-0.2, 0) is 16.1 Å². The van der Waals surface area contributed by atoms with E-state index in [2.05, 4.69) is 22.5 Å². The second-order valence-electron chi connectivity index (χ2n) is 8.25. The number of rotatable bonds is 9. The third-order valence-electron chi connectivity index (χ3n) is 5.79. The minimum absolute atomic E-state index is 0.249. The number of carboxylic acid groups (broad SMARTS) is 1. The summed E-state index contributed by atoms with van der Waals surface area (Å²) in [5.41, 5.74) is 2.79. The third kappa shape index (κ3) is 6.07. The molecule has 1 fully saturated rings. The largest absolute Gasteiger partial charge is 0.491 e. The number of carbonyl (C=O) groups is 1. The zero-order chi connectivity index (χ0) is 22.4. The van der Waals surface area contributed by atoms with Gasteiger partial charge in [-0.05, 0) is 52.2 Å². The minimum atomic E-state index is -0.721. The van der Waals surface area contributed by atoms with E-state index in [0.717, 1.165) is 60.7 Å². The lowest BCUT2D eigenvalue weighted by atomic mass is 9.98. The van der Waals surface area contributed by atoms with Crippen molar-refractivity contribution in [2.24, 2.45) is 5.92 Å². The quantitative estimate of drug-likeness (QED) is 0.560. The van der Waals surface area contributed by atoms with E-state index in [1.165, 1.54) is 0 Å². The van der Waals surface area contributed by atoms with Crippen LogP contribution in [0.25, 0.3) is 5.57 Å². The number of aromatic nitrogens is 1. The Bertz CT molecular complexity index is 935. The number of carboxylic acids is 1. The summed E-state index contributed by atoms with van der Waals surface area (Å²) in [6, 6.07) is -0.360.